The third kappa shape index (κ3) is 6.00. The molecule has 10 heteroatoms. The van der Waals surface area contributed by atoms with E-state index in [4.69, 9.17) is 32.7 Å². The molecule has 0 bridgehead atoms. The van der Waals surface area contributed by atoms with Crippen LogP contribution in [0.25, 0.3) is 0 Å². The van der Waals surface area contributed by atoms with Gasteiger partial charge in [0.15, 0.2) is 11.5 Å². The van der Waals surface area contributed by atoms with E-state index in [-0.39, 0.29) is 13.1 Å². The number of anilines is 1. The number of carbonyl (C=O) groups excluding carboxylic acids is 1. The summed E-state index contributed by atoms with van der Waals surface area (Å²) in [5.41, 5.74) is 1.06. The summed E-state index contributed by atoms with van der Waals surface area (Å²) >= 11 is 11.9. The number of methoxy groups -OCH3 is 2. The molecule has 1 N–H and O–H groups in total. The Morgan fingerprint density at radius 1 is 1.04 bits per heavy atom. The van der Waals surface area contributed by atoms with E-state index in [1.54, 1.807) is 36.4 Å². The number of sulfonamides is 1. The minimum Gasteiger partial charge on any atom is -0.493 e. The van der Waals surface area contributed by atoms with Gasteiger partial charge in [-0.05, 0) is 29.8 Å². The van der Waals surface area contributed by atoms with Crippen LogP contribution in [0.3, 0.4) is 0 Å². The third-order valence-electron chi connectivity index (χ3n) is 3.80. The van der Waals surface area contributed by atoms with Crippen molar-refractivity contribution in [2.75, 3.05) is 32.3 Å². The summed E-state index contributed by atoms with van der Waals surface area (Å²) in [7, 11) is -0.664. The number of carbonyl (C=O) groups is 1. The Balaban J connectivity index is 2.14. The van der Waals surface area contributed by atoms with Crippen LogP contribution in [0, 0.1) is 0 Å². The van der Waals surface area contributed by atoms with E-state index in [1.807, 2.05) is 0 Å². The normalized spacial score (nSPS) is 11.4. The molecule has 0 atom stereocenters. The maximum absolute atomic E-state index is 12.4. The summed E-state index contributed by atoms with van der Waals surface area (Å²) in [6, 6.07) is 9.64. The Morgan fingerprint density at radius 2 is 1.71 bits per heavy atom. The van der Waals surface area contributed by atoms with Gasteiger partial charge in [0, 0.05) is 18.3 Å². The van der Waals surface area contributed by atoms with Crippen molar-refractivity contribution in [1.29, 1.82) is 0 Å². The fourth-order valence-electron chi connectivity index (χ4n) is 2.41. The van der Waals surface area contributed by atoms with E-state index in [0.29, 0.717) is 32.8 Å². The highest BCUT2D eigenvalue weighted by atomic mass is 35.5. The maximum atomic E-state index is 12.4. The Morgan fingerprint density at radius 3 is 2.29 bits per heavy atom. The van der Waals surface area contributed by atoms with Gasteiger partial charge >= 0.3 is 0 Å². The van der Waals surface area contributed by atoms with Gasteiger partial charge in [0.1, 0.15) is 0 Å². The lowest BCUT2D eigenvalue weighted by Crippen LogP contribution is -2.36. The van der Waals surface area contributed by atoms with Crippen molar-refractivity contribution in [3.05, 3.63) is 52.0 Å². The summed E-state index contributed by atoms with van der Waals surface area (Å²) in [4.78, 5) is 12.4. The van der Waals surface area contributed by atoms with Gasteiger partial charge in [0.05, 0.1) is 37.1 Å². The van der Waals surface area contributed by atoms with E-state index in [0.717, 1.165) is 10.6 Å². The van der Waals surface area contributed by atoms with Crippen molar-refractivity contribution in [2.45, 2.75) is 6.54 Å². The minimum atomic E-state index is -3.65. The summed E-state index contributed by atoms with van der Waals surface area (Å²) < 4.78 is 35.6. The molecule has 0 aromatic heterocycles. The van der Waals surface area contributed by atoms with Crippen LogP contribution >= 0.6 is 23.2 Å². The summed E-state index contributed by atoms with van der Waals surface area (Å²) in [6.45, 7) is -0.386. The Hall–Kier alpha value is -2.00. The molecule has 2 rings (SSSR count). The fourth-order valence-corrected chi connectivity index (χ4v) is 3.46. The fraction of sp³-hybridized carbons (Fsp3) is 0.278. The predicted molar refractivity (Wildman–Crippen MR) is 110 cm³/mol. The number of ether oxygens (including phenoxy) is 2. The Labute approximate surface area is 174 Å². The quantitative estimate of drug-likeness (QED) is 0.671. The molecule has 1 amide bonds. The number of hydrogen-bond donors (Lipinski definition) is 1. The second-order valence-electron chi connectivity index (χ2n) is 5.90. The number of rotatable bonds is 8. The van der Waals surface area contributed by atoms with E-state index in [1.165, 1.54) is 14.2 Å². The first kappa shape index (κ1) is 22.3. The third-order valence-corrected chi connectivity index (χ3v) is 5.73. The smallest absolute Gasteiger partial charge is 0.239 e. The van der Waals surface area contributed by atoms with Crippen LogP contribution in [0.2, 0.25) is 10.0 Å². The van der Waals surface area contributed by atoms with Crippen molar-refractivity contribution in [1.82, 2.24) is 4.31 Å². The van der Waals surface area contributed by atoms with Crippen molar-refractivity contribution in [3.8, 4) is 11.5 Å². The molecule has 28 heavy (non-hydrogen) atoms. The van der Waals surface area contributed by atoms with Crippen molar-refractivity contribution in [3.63, 3.8) is 0 Å². The van der Waals surface area contributed by atoms with Crippen LogP contribution in [0.4, 0.5) is 5.69 Å². The van der Waals surface area contributed by atoms with Crippen LogP contribution in [-0.2, 0) is 21.4 Å². The average molecular weight is 447 g/mol. The molecular formula is C18H20Cl2N2O5S. The van der Waals surface area contributed by atoms with Gasteiger partial charge in [0.25, 0.3) is 0 Å². The van der Waals surface area contributed by atoms with Crippen molar-refractivity contribution < 1.29 is 22.7 Å². The molecule has 0 heterocycles. The number of benzene rings is 2. The molecule has 0 spiro atoms. The Kier molecular flexibility index (Phi) is 7.54. The monoisotopic (exact) mass is 446 g/mol. The van der Waals surface area contributed by atoms with Crippen LogP contribution in [-0.4, -0.2) is 45.7 Å². The van der Waals surface area contributed by atoms with Crippen LogP contribution in [0.5, 0.6) is 11.5 Å². The second kappa shape index (κ2) is 9.47. The number of nitrogens with one attached hydrogen (secondary N) is 1. The highest BCUT2D eigenvalue weighted by Crippen LogP contribution is 2.29. The van der Waals surface area contributed by atoms with Gasteiger partial charge in [-0.15, -0.1) is 0 Å². The predicted octanol–water partition coefficient (Wildman–Crippen LogP) is 3.41. The maximum Gasteiger partial charge on any atom is 0.239 e. The van der Waals surface area contributed by atoms with Crippen LogP contribution < -0.4 is 14.8 Å². The second-order valence-corrected chi connectivity index (χ2v) is 8.69. The first-order valence-electron chi connectivity index (χ1n) is 8.05. The van der Waals surface area contributed by atoms with E-state index < -0.39 is 15.9 Å². The number of amides is 1. The number of halogens is 2. The van der Waals surface area contributed by atoms with E-state index >= 15 is 0 Å². The summed E-state index contributed by atoms with van der Waals surface area (Å²) in [6.07, 6.45) is 1.04. The Bertz CT molecular complexity index is 966. The molecule has 0 radical (unpaired) electrons. The lowest BCUT2D eigenvalue weighted by atomic mass is 10.2. The number of nitrogens with zero attached hydrogens (tertiary/aromatic N) is 1. The topological polar surface area (TPSA) is 84.9 Å². The largest absolute Gasteiger partial charge is 0.493 e. The average Bonchev–Trinajstić information content (AvgIpc) is 2.63. The lowest BCUT2D eigenvalue weighted by Gasteiger charge is -2.20. The highest BCUT2D eigenvalue weighted by molar-refractivity contribution is 7.88. The van der Waals surface area contributed by atoms with Gasteiger partial charge in [-0.2, -0.15) is 4.31 Å². The van der Waals surface area contributed by atoms with Crippen LogP contribution in [0.1, 0.15) is 5.56 Å². The van der Waals surface area contributed by atoms with Gasteiger partial charge in [-0.25, -0.2) is 8.42 Å². The molecule has 0 saturated heterocycles. The SMILES string of the molecule is COc1ccc(NC(=O)CN(Cc2ccc(Cl)c(Cl)c2)S(C)(=O)=O)cc1OC. The standard InChI is InChI=1S/C18H20Cl2N2O5S/c1-26-16-7-5-13(9-17(16)27-2)21-18(23)11-22(28(3,24)25)10-12-4-6-14(19)15(20)8-12/h4-9H,10-11H2,1-3H3,(H,21,23). The first-order chi connectivity index (χ1) is 13.1. The lowest BCUT2D eigenvalue weighted by molar-refractivity contribution is -0.116. The highest BCUT2D eigenvalue weighted by Gasteiger charge is 2.21. The zero-order valence-corrected chi connectivity index (χ0v) is 17.9. The summed E-state index contributed by atoms with van der Waals surface area (Å²) in [5, 5.41) is 3.32. The molecule has 0 aliphatic heterocycles. The van der Waals surface area contributed by atoms with Gasteiger partial charge in [0.2, 0.25) is 15.9 Å². The first-order valence-corrected chi connectivity index (χ1v) is 10.7. The number of hydrogen-bond acceptors (Lipinski definition) is 5. The van der Waals surface area contributed by atoms with Crippen LogP contribution in [0.15, 0.2) is 36.4 Å². The summed E-state index contributed by atoms with van der Waals surface area (Å²) in [5.74, 6) is 0.451. The van der Waals surface area contributed by atoms with E-state index in [2.05, 4.69) is 5.32 Å². The van der Waals surface area contributed by atoms with Gasteiger partial charge < -0.3 is 14.8 Å². The van der Waals surface area contributed by atoms with Crippen molar-refractivity contribution >= 4 is 44.8 Å². The molecule has 0 aliphatic carbocycles. The molecule has 7 nitrogen and oxygen atoms in total. The van der Waals surface area contributed by atoms with E-state index in [9.17, 15) is 13.2 Å². The van der Waals surface area contributed by atoms with Gasteiger partial charge in [-0.1, -0.05) is 29.3 Å². The molecule has 2 aromatic carbocycles. The van der Waals surface area contributed by atoms with Gasteiger partial charge in [-0.3, -0.25) is 4.79 Å². The zero-order chi connectivity index (χ0) is 20.9. The molecule has 152 valence electrons. The van der Waals surface area contributed by atoms with Crippen molar-refractivity contribution in [2.24, 2.45) is 0 Å². The molecule has 0 aliphatic rings. The molecule has 0 unspecified atom stereocenters. The molecule has 0 fully saturated rings. The molecule has 2 aromatic rings. The zero-order valence-electron chi connectivity index (χ0n) is 15.5. The minimum absolute atomic E-state index is 0.0188. The molecule has 0 saturated carbocycles. The molecular weight excluding hydrogens is 427 g/mol.